The van der Waals surface area contributed by atoms with E-state index in [9.17, 15) is 13.2 Å². The summed E-state index contributed by atoms with van der Waals surface area (Å²) < 4.78 is 36.4. The van der Waals surface area contributed by atoms with Gasteiger partial charge in [-0.1, -0.05) is 56.1 Å². The molecule has 2 rings (SSSR count). The second-order valence-corrected chi connectivity index (χ2v) is 5.54. The van der Waals surface area contributed by atoms with Gasteiger partial charge in [-0.15, -0.1) is 0 Å². The Morgan fingerprint density at radius 2 is 1.75 bits per heavy atom. The Labute approximate surface area is 96.2 Å². The fourth-order valence-electron chi connectivity index (χ4n) is 3.51. The van der Waals surface area contributed by atoms with Crippen LogP contribution in [0.4, 0.5) is 13.2 Å². The van der Waals surface area contributed by atoms with Gasteiger partial charge in [0.25, 0.3) is 0 Å². The summed E-state index contributed by atoms with van der Waals surface area (Å²) in [5.74, 6) is 0.702. The van der Waals surface area contributed by atoms with Gasteiger partial charge in [-0.2, -0.15) is 13.2 Å². The summed E-state index contributed by atoms with van der Waals surface area (Å²) >= 11 is 0. The predicted octanol–water partition coefficient (Wildman–Crippen LogP) is 4.74. The van der Waals surface area contributed by atoms with Gasteiger partial charge >= 0.3 is 6.18 Å². The van der Waals surface area contributed by atoms with Crippen molar-refractivity contribution in [3.05, 3.63) is 0 Å². The molecular formula is C12H19BF3. The number of hydrogen-bond acceptors (Lipinski definition) is 0. The quantitative estimate of drug-likeness (QED) is 0.615. The first-order valence-corrected chi connectivity index (χ1v) is 6.42. The molecule has 0 aromatic rings. The van der Waals surface area contributed by atoms with Crippen molar-refractivity contribution >= 4 is 7.28 Å². The molecule has 91 valence electrons. The minimum absolute atomic E-state index is 0.173. The summed E-state index contributed by atoms with van der Waals surface area (Å²) in [6, 6.07) is 0. The zero-order valence-corrected chi connectivity index (χ0v) is 9.65. The molecule has 2 aliphatic heterocycles. The molecular weight excluding hydrogens is 212 g/mol. The zero-order chi connectivity index (χ0) is 11.6. The van der Waals surface area contributed by atoms with E-state index < -0.39 is 12.6 Å². The second-order valence-electron chi connectivity index (χ2n) is 5.54. The van der Waals surface area contributed by atoms with Crippen molar-refractivity contribution in [3.63, 3.8) is 0 Å². The van der Waals surface area contributed by atoms with Crippen molar-refractivity contribution in [1.82, 2.24) is 0 Å². The largest absolute Gasteiger partial charge is 0.389 e. The highest BCUT2D eigenvalue weighted by Gasteiger charge is 2.40. The Bertz CT molecular complexity index is 227. The average Bonchev–Trinajstić information content (AvgIpc) is 2.15. The predicted molar refractivity (Wildman–Crippen MR) is 59.8 cm³/mol. The molecule has 0 saturated carbocycles. The standard InChI is InChI=1S/C12H19BF3/c14-12(15,16)9-3-8-11-6-1-4-10(13-11)5-2-7-11/h10H,1-9H2. The Morgan fingerprint density at radius 3 is 2.31 bits per heavy atom. The molecule has 0 unspecified atom stereocenters. The van der Waals surface area contributed by atoms with Gasteiger partial charge in [0.2, 0.25) is 0 Å². The zero-order valence-electron chi connectivity index (χ0n) is 9.65. The van der Waals surface area contributed by atoms with Crippen molar-refractivity contribution in [3.8, 4) is 0 Å². The Balaban J connectivity index is 1.82. The third kappa shape index (κ3) is 3.17. The Kier molecular flexibility index (Phi) is 3.55. The number of fused-ring (bicyclic) bond motifs is 2. The van der Waals surface area contributed by atoms with Crippen LogP contribution in [-0.4, -0.2) is 13.5 Å². The number of hydrogen-bond donors (Lipinski definition) is 0. The van der Waals surface area contributed by atoms with Gasteiger partial charge in [-0.05, 0) is 6.42 Å². The third-order valence-corrected chi connectivity index (χ3v) is 4.22. The lowest BCUT2D eigenvalue weighted by Gasteiger charge is -2.45. The molecule has 2 saturated heterocycles. The van der Waals surface area contributed by atoms with E-state index in [-0.39, 0.29) is 5.31 Å². The maximum absolute atomic E-state index is 12.1. The fourth-order valence-corrected chi connectivity index (χ4v) is 3.51. The Hall–Kier alpha value is -0.145. The minimum Gasteiger partial charge on any atom is -0.171 e. The van der Waals surface area contributed by atoms with Gasteiger partial charge in [0.05, 0.1) is 0 Å². The highest BCUT2D eigenvalue weighted by atomic mass is 19.4. The molecule has 2 fully saturated rings. The van der Waals surface area contributed by atoms with Gasteiger partial charge in [0, 0.05) is 6.42 Å². The van der Waals surface area contributed by atoms with Crippen LogP contribution in [0.15, 0.2) is 0 Å². The van der Waals surface area contributed by atoms with E-state index in [2.05, 4.69) is 7.28 Å². The van der Waals surface area contributed by atoms with E-state index in [1.165, 1.54) is 25.7 Å². The summed E-state index contributed by atoms with van der Waals surface area (Å²) in [6.07, 6.45) is 3.70. The molecule has 2 aliphatic rings. The van der Waals surface area contributed by atoms with E-state index in [0.29, 0.717) is 12.2 Å². The first-order valence-electron chi connectivity index (χ1n) is 6.42. The molecule has 2 heterocycles. The van der Waals surface area contributed by atoms with E-state index in [1.54, 1.807) is 0 Å². The van der Waals surface area contributed by atoms with E-state index in [4.69, 9.17) is 0 Å². The first kappa shape index (κ1) is 12.3. The van der Waals surface area contributed by atoms with Crippen LogP contribution in [0, 0.1) is 0 Å². The van der Waals surface area contributed by atoms with Gasteiger partial charge in [0.1, 0.15) is 7.28 Å². The lowest BCUT2D eigenvalue weighted by Crippen LogP contribution is -2.32. The summed E-state index contributed by atoms with van der Waals surface area (Å²) in [6.45, 7) is 0. The highest BCUT2D eigenvalue weighted by Crippen LogP contribution is 2.54. The van der Waals surface area contributed by atoms with Crippen LogP contribution in [0.2, 0.25) is 11.1 Å². The molecule has 0 nitrogen and oxygen atoms in total. The van der Waals surface area contributed by atoms with E-state index in [0.717, 1.165) is 19.3 Å². The molecule has 0 aliphatic carbocycles. The molecule has 0 aromatic heterocycles. The van der Waals surface area contributed by atoms with E-state index >= 15 is 0 Å². The highest BCUT2D eigenvalue weighted by molar-refractivity contribution is 6.42. The van der Waals surface area contributed by atoms with Crippen molar-refractivity contribution in [1.29, 1.82) is 0 Å². The number of halogens is 3. The van der Waals surface area contributed by atoms with Gasteiger partial charge < -0.3 is 0 Å². The van der Waals surface area contributed by atoms with Gasteiger partial charge in [0.15, 0.2) is 0 Å². The van der Waals surface area contributed by atoms with Crippen LogP contribution in [0.1, 0.15) is 57.8 Å². The van der Waals surface area contributed by atoms with Crippen molar-refractivity contribution in [2.24, 2.45) is 0 Å². The first-order chi connectivity index (χ1) is 7.49. The molecule has 0 N–H and O–H groups in total. The molecule has 16 heavy (non-hydrogen) atoms. The number of alkyl halides is 3. The van der Waals surface area contributed by atoms with Crippen molar-refractivity contribution in [2.45, 2.75) is 75.1 Å². The molecule has 0 aromatic carbocycles. The molecule has 0 amide bonds. The maximum atomic E-state index is 12.1. The summed E-state index contributed by atoms with van der Waals surface area (Å²) in [7, 11) is 2.40. The molecule has 0 spiro atoms. The normalized spacial score (nSPS) is 34.6. The molecule has 1 radical (unpaired) electrons. The van der Waals surface area contributed by atoms with Crippen LogP contribution < -0.4 is 0 Å². The van der Waals surface area contributed by atoms with Crippen LogP contribution in [0.25, 0.3) is 0 Å². The molecule has 4 heteroatoms. The molecule has 0 atom stereocenters. The minimum atomic E-state index is -3.97. The summed E-state index contributed by atoms with van der Waals surface area (Å²) in [5, 5.41) is 0.173. The third-order valence-electron chi connectivity index (χ3n) is 4.22. The lowest BCUT2D eigenvalue weighted by atomic mass is 9.35. The SMILES string of the molecule is FC(F)(F)CCCC12[B]C(CCC1)CCC2. The van der Waals surface area contributed by atoms with Crippen LogP contribution in [0.3, 0.4) is 0 Å². The lowest BCUT2D eigenvalue weighted by molar-refractivity contribution is -0.136. The van der Waals surface area contributed by atoms with Crippen molar-refractivity contribution in [2.75, 3.05) is 0 Å². The van der Waals surface area contributed by atoms with Gasteiger partial charge in [-0.25, -0.2) is 0 Å². The second kappa shape index (κ2) is 4.62. The maximum Gasteiger partial charge on any atom is 0.389 e. The van der Waals surface area contributed by atoms with E-state index in [1.807, 2.05) is 0 Å². The monoisotopic (exact) mass is 231 g/mol. The smallest absolute Gasteiger partial charge is 0.171 e. The Morgan fingerprint density at radius 1 is 1.12 bits per heavy atom. The fraction of sp³-hybridized carbons (Fsp3) is 1.00. The average molecular weight is 231 g/mol. The molecule has 2 bridgehead atoms. The van der Waals surface area contributed by atoms with Crippen molar-refractivity contribution < 1.29 is 13.2 Å². The summed E-state index contributed by atoms with van der Waals surface area (Å²) in [4.78, 5) is 0. The van der Waals surface area contributed by atoms with Gasteiger partial charge in [-0.3, -0.25) is 0 Å². The topological polar surface area (TPSA) is 0 Å². The van der Waals surface area contributed by atoms with Crippen LogP contribution >= 0.6 is 0 Å². The van der Waals surface area contributed by atoms with Crippen LogP contribution in [-0.2, 0) is 0 Å². The number of rotatable bonds is 3. The summed E-state index contributed by atoms with van der Waals surface area (Å²) in [5.41, 5.74) is 0. The van der Waals surface area contributed by atoms with Crippen LogP contribution in [0.5, 0.6) is 0 Å².